The van der Waals surface area contributed by atoms with Crippen LogP contribution in [0.5, 0.6) is 5.75 Å². The van der Waals surface area contributed by atoms with E-state index in [-0.39, 0.29) is 16.7 Å². The molecule has 1 fully saturated rings. The summed E-state index contributed by atoms with van der Waals surface area (Å²) in [6, 6.07) is 10.4. The van der Waals surface area contributed by atoms with Crippen molar-refractivity contribution in [3.05, 3.63) is 48.3 Å². The number of nitrogens with one attached hydrogen (secondary N) is 2. The number of methoxy groups -OCH3 is 1. The summed E-state index contributed by atoms with van der Waals surface area (Å²) >= 11 is 0. The van der Waals surface area contributed by atoms with Crippen LogP contribution in [0, 0.1) is 0 Å². The van der Waals surface area contributed by atoms with Crippen LogP contribution >= 0.6 is 0 Å². The zero-order valence-electron chi connectivity index (χ0n) is 16.9. The molecular weight excluding hydrogens is 404 g/mol. The van der Waals surface area contributed by atoms with E-state index in [0.29, 0.717) is 24.5 Å². The van der Waals surface area contributed by atoms with Gasteiger partial charge in [0.25, 0.3) is 0 Å². The van der Waals surface area contributed by atoms with Crippen LogP contribution in [0.1, 0.15) is 31.4 Å². The molecule has 8 nitrogen and oxygen atoms in total. The normalized spacial score (nSPS) is 17.7. The SMILES string of the molecule is COc1ccc(S(=O)(=O)N2CCC[C@H](c3cc4ncccc4[nH]3)C2)cc1NC(C)=O. The highest BCUT2D eigenvalue weighted by Gasteiger charge is 2.32. The van der Waals surface area contributed by atoms with E-state index in [9.17, 15) is 13.2 Å². The van der Waals surface area contributed by atoms with Crippen LogP contribution in [0.3, 0.4) is 0 Å². The third kappa shape index (κ3) is 3.90. The molecule has 1 aliphatic heterocycles. The van der Waals surface area contributed by atoms with Crippen molar-refractivity contribution in [2.75, 3.05) is 25.5 Å². The molecule has 1 atom stereocenters. The Bertz CT molecular complexity index is 1160. The summed E-state index contributed by atoms with van der Waals surface area (Å²) in [6.07, 6.45) is 3.41. The van der Waals surface area contributed by atoms with Gasteiger partial charge < -0.3 is 15.0 Å². The number of fused-ring (bicyclic) bond motifs is 1. The molecule has 0 spiro atoms. The number of aromatic nitrogens is 2. The van der Waals surface area contributed by atoms with E-state index >= 15 is 0 Å². The molecule has 1 amide bonds. The van der Waals surface area contributed by atoms with Gasteiger partial charge in [0.2, 0.25) is 15.9 Å². The fraction of sp³-hybridized carbons (Fsp3) is 0.333. The Morgan fingerprint density at radius 2 is 2.13 bits per heavy atom. The Morgan fingerprint density at radius 1 is 1.30 bits per heavy atom. The van der Waals surface area contributed by atoms with Gasteiger partial charge in [0.1, 0.15) is 5.75 Å². The van der Waals surface area contributed by atoms with E-state index in [1.54, 1.807) is 12.3 Å². The molecular formula is C21H24N4O4S. The second kappa shape index (κ2) is 8.08. The third-order valence-corrected chi connectivity index (χ3v) is 7.21. The summed E-state index contributed by atoms with van der Waals surface area (Å²) in [5, 5.41) is 2.63. The third-order valence-electron chi connectivity index (χ3n) is 5.35. The number of piperidine rings is 1. The number of nitrogens with zero attached hydrogens (tertiary/aromatic N) is 2. The Hall–Kier alpha value is -2.91. The molecule has 2 N–H and O–H groups in total. The minimum atomic E-state index is -3.72. The van der Waals surface area contributed by atoms with Crippen molar-refractivity contribution in [2.24, 2.45) is 0 Å². The van der Waals surface area contributed by atoms with E-state index < -0.39 is 10.0 Å². The van der Waals surface area contributed by atoms with E-state index in [0.717, 1.165) is 29.6 Å². The van der Waals surface area contributed by atoms with Gasteiger partial charge in [-0.2, -0.15) is 4.31 Å². The number of carbonyl (C=O) groups is 1. The van der Waals surface area contributed by atoms with Gasteiger partial charge in [-0.3, -0.25) is 9.78 Å². The number of aromatic amines is 1. The first kappa shape index (κ1) is 20.4. The minimum Gasteiger partial charge on any atom is -0.495 e. The van der Waals surface area contributed by atoms with E-state index in [2.05, 4.69) is 15.3 Å². The van der Waals surface area contributed by atoms with Crippen molar-refractivity contribution in [3.8, 4) is 5.75 Å². The molecule has 3 heterocycles. The molecule has 0 radical (unpaired) electrons. The maximum Gasteiger partial charge on any atom is 0.243 e. The molecule has 1 aromatic carbocycles. The minimum absolute atomic E-state index is 0.0655. The average Bonchev–Trinajstić information content (AvgIpc) is 3.18. The number of H-pyrrole nitrogens is 1. The number of pyridine rings is 1. The van der Waals surface area contributed by atoms with Crippen LogP contribution in [-0.2, 0) is 14.8 Å². The summed E-state index contributed by atoms with van der Waals surface area (Å²) in [7, 11) is -2.25. The molecule has 0 unspecified atom stereocenters. The summed E-state index contributed by atoms with van der Waals surface area (Å²) in [5.41, 5.74) is 3.16. The zero-order chi connectivity index (χ0) is 21.3. The summed E-state index contributed by atoms with van der Waals surface area (Å²) in [5.74, 6) is 0.176. The first-order valence-electron chi connectivity index (χ1n) is 9.78. The maximum atomic E-state index is 13.3. The lowest BCUT2D eigenvalue weighted by Gasteiger charge is -2.31. The number of ether oxygens (including phenoxy) is 1. The van der Waals surface area contributed by atoms with Gasteiger partial charge in [-0.25, -0.2) is 8.42 Å². The molecule has 0 bridgehead atoms. The zero-order valence-corrected chi connectivity index (χ0v) is 17.7. The second-order valence-corrected chi connectivity index (χ2v) is 9.34. The lowest BCUT2D eigenvalue weighted by molar-refractivity contribution is -0.114. The number of amides is 1. The number of benzene rings is 1. The molecule has 0 saturated carbocycles. The van der Waals surface area contributed by atoms with E-state index in [1.807, 2.05) is 18.2 Å². The monoisotopic (exact) mass is 428 g/mol. The predicted molar refractivity (Wildman–Crippen MR) is 114 cm³/mol. The quantitative estimate of drug-likeness (QED) is 0.650. The summed E-state index contributed by atoms with van der Waals surface area (Å²) in [4.78, 5) is 19.3. The molecule has 158 valence electrons. The van der Waals surface area contributed by atoms with Crippen molar-refractivity contribution < 1.29 is 17.9 Å². The highest BCUT2D eigenvalue weighted by molar-refractivity contribution is 7.89. The van der Waals surface area contributed by atoms with Gasteiger partial charge >= 0.3 is 0 Å². The topological polar surface area (TPSA) is 104 Å². The van der Waals surface area contributed by atoms with Gasteiger partial charge in [0.05, 0.1) is 28.7 Å². The molecule has 1 aliphatic rings. The fourth-order valence-corrected chi connectivity index (χ4v) is 5.45. The standard InChI is InChI=1S/C21H24N4O4S/c1-14(26)23-20-11-16(7-8-21(20)29-2)30(27,28)25-10-4-5-15(13-25)18-12-19-17(24-18)6-3-9-22-19/h3,6-9,11-12,15,24H,4-5,10,13H2,1-2H3,(H,23,26)/t15-/m0/s1. The number of anilines is 1. The maximum absolute atomic E-state index is 13.3. The van der Waals surface area contributed by atoms with Crippen LogP contribution in [0.2, 0.25) is 0 Å². The average molecular weight is 429 g/mol. The predicted octanol–water partition coefficient (Wildman–Crippen LogP) is 3.10. The lowest BCUT2D eigenvalue weighted by Crippen LogP contribution is -2.39. The van der Waals surface area contributed by atoms with Gasteiger partial charge in [-0.1, -0.05) is 0 Å². The molecule has 1 saturated heterocycles. The van der Waals surface area contributed by atoms with Crippen LogP contribution in [0.4, 0.5) is 5.69 Å². The van der Waals surface area contributed by atoms with Crippen molar-refractivity contribution in [3.63, 3.8) is 0 Å². The molecule has 4 rings (SSSR count). The van der Waals surface area contributed by atoms with E-state index in [4.69, 9.17) is 4.74 Å². The van der Waals surface area contributed by atoms with Gasteiger partial charge in [0.15, 0.2) is 0 Å². The second-order valence-electron chi connectivity index (χ2n) is 7.41. The fourth-order valence-electron chi connectivity index (χ4n) is 3.90. The molecule has 9 heteroatoms. The number of hydrogen-bond acceptors (Lipinski definition) is 5. The van der Waals surface area contributed by atoms with Gasteiger partial charge in [-0.05, 0) is 49.2 Å². The van der Waals surface area contributed by atoms with E-state index in [1.165, 1.54) is 30.5 Å². The van der Waals surface area contributed by atoms with Gasteiger partial charge in [0, 0.05) is 37.8 Å². The van der Waals surface area contributed by atoms with Crippen molar-refractivity contribution in [1.29, 1.82) is 0 Å². The van der Waals surface area contributed by atoms with Crippen molar-refractivity contribution >= 4 is 32.7 Å². The highest BCUT2D eigenvalue weighted by Crippen LogP contribution is 2.33. The molecule has 0 aliphatic carbocycles. The molecule has 2 aromatic heterocycles. The Morgan fingerprint density at radius 3 is 2.87 bits per heavy atom. The summed E-state index contributed by atoms with van der Waals surface area (Å²) in [6.45, 7) is 2.21. The van der Waals surface area contributed by atoms with Crippen LogP contribution < -0.4 is 10.1 Å². The van der Waals surface area contributed by atoms with Crippen molar-refractivity contribution in [1.82, 2.24) is 14.3 Å². The largest absolute Gasteiger partial charge is 0.495 e. The molecule has 3 aromatic rings. The first-order valence-corrected chi connectivity index (χ1v) is 11.2. The number of hydrogen-bond donors (Lipinski definition) is 2. The Kier molecular flexibility index (Phi) is 5.48. The lowest BCUT2D eigenvalue weighted by atomic mass is 9.96. The van der Waals surface area contributed by atoms with Crippen LogP contribution in [0.15, 0.2) is 47.5 Å². The van der Waals surface area contributed by atoms with Crippen molar-refractivity contribution in [2.45, 2.75) is 30.6 Å². The highest BCUT2D eigenvalue weighted by atomic mass is 32.2. The number of carbonyl (C=O) groups excluding carboxylic acids is 1. The number of rotatable bonds is 5. The molecule has 30 heavy (non-hydrogen) atoms. The summed E-state index contributed by atoms with van der Waals surface area (Å²) < 4.78 is 33.4. The first-order chi connectivity index (χ1) is 14.4. The van der Waals surface area contributed by atoms with Crippen LogP contribution in [0.25, 0.3) is 11.0 Å². The van der Waals surface area contributed by atoms with Crippen LogP contribution in [-0.4, -0.2) is 48.8 Å². The Balaban J connectivity index is 1.61. The smallest absolute Gasteiger partial charge is 0.243 e. The Labute approximate surface area is 175 Å². The van der Waals surface area contributed by atoms with Gasteiger partial charge in [-0.15, -0.1) is 0 Å². The number of sulfonamides is 1.